The zero-order valence-electron chi connectivity index (χ0n) is 19.7. The summed E-state index contributed by atoms with van der Waals surface area (Å²) < 4.78 is 10.9. The Morgan fingerprint density at radius 3 is 2.00 bits per heavy atom. The second kappa shape index (κ2) is 9.95. The molecule has 0 bridgehead atoms. The minimum absolute atomic E-state index is 0.0179. The molecule has 0 aromatic heterocycles. The van der Waals surface area contributed by atoms with Gasteiger partial charge in [-0.05, 0) is 62.4 Å². The van der Waals surface area contributed by atoms with E-state index in [-0.39, 0.29) is 31.9 Å². The molecule has 0 saturated carbocycles. The molecule has 1 aliphatic rings. The Morgan fingerprint density at radius 1 is 1.00 bits per heavy atom. The Kier molecular flexibility index (Phi) is 7.43. The molecular formula is C26H32N2O6. The van der Waals surface area contributed by atoms with Crippen molar-refractivity contribution >= 4 is 17.9 Å². The molecule has 0 amide bonds. The molecule has 0 aliphatic heterocycles. The largest absolute Gasteiger partial charge is 0.479 e. The average molecular weight is 469 g/mol. The van der Waals surface area contributed by atoms with Crippen molar-refractivity contribution in [3.05, 3.63) is 59.7 Å². The molecule has 0 heterocycles. The molecule has 0 radical (unpaired) electrons. The molecule has 34 heavy (non-hydrogen) atoms. The summed E-state index contributed by atoms with van der Waals surface area (Å²) in [5.74, 6) is -5.40. The third-order valence-electron chi connectivity index (χ3n) is 5.98. The highest BCUT2D eigenvalue weighted by Crippen LogP contribution is 2.44. The van der Waals surface area contributed by atoms with E-state index in [1.165, 1.54) is 0 Å². The van der Waals surface area contributed by atoms with Crippen molar-refractivity contribution in [2.45, 2.75) is 50.7 Å². The SMILES string of the molecule is CC(C)(C)OC(=O)[C@@](N)(C(=O)O)C(CCCN)C(=O)OCC1c2ccccc2-c2ccccc21. The van der Waals surface area contributed by atoms with Gasteiger partial charge in [0.05, 0.1) is 5.92 Å². The van der Waals surface area contributed by atoms with Crippen molar-refractivity contribution in [1.82, 2.24) is 0 Å². The molecule has 0 spiro atoms. The number of carbonyl (C=O) groups is 3. The highest BCUT2D eigenvalue weighted by Gasteiger charge is 2.55. The number of carboxylic acids is 1. The van der Waals surface area contributed by atoms with Gasteiger partial charge in [0.25, 0.3) is 0 Å². The zero-order valence-corrected chi connectivity index (χ0v) is 19.7. The van der Waals surface area contributed by atoms with E-state index >= 15 is 0 Å². The lowest BCUT2D eigenvalue weighted by atomic mass is 9.81. The summed E-state index contributed by atoms with van der Waals surface area (Å²) >= 11 is 0. The maximum Gasteiger partial charge on any atom is 0.339 e. The van der Waals surface area contributed by atoms with Crippen molar-refractivity contribution in [2.24, 2.45) is 17.4 Å². The Balaban J connectivity index is 1.87. The maximum atomic E-state index is 13.2. The van der Waals surface area contributed by atoms with Crippen molar-refractivity contribution in [2.75, 3.05) is 13.2 Å². The third kappa shape index (κ3) is 4.98. The highest BCUT2D eigenvalue weighted by molar-refractivity contribution is 6.07. The molecule has 8 heteroatoms. The Morgan fingerprint density at radius 2 is 1.53 bits per heavy atom. The van der Waals surface area contributed by atoms with Crippen LogP contribution in [0.1, 0.15) is 50.7 Å². The summed E-state index contributed by atoms with van der Waals surface area (Å²) in [4.78, 5) is 38.3. The summed E-state index contributed by atoms with van der Waals surface area (Å²) in [6, 6.07) is 15.7. The van der Waals surface area contributed by atoms with Crippen molar-refractivity contribution in [3.63, 3.8) is 0 Å². The van der Waals surface area contributed by atoms with Gasteiger partial charge in [0.15, 0.2) is 0 Å². The average Bonchev–Trinajstić information content (AvgIpc) is 3.10. The number of esters is 2. The highest BCUT2D eigenvalue weighted by atomic mass is 16.6. The standard InChI is InChI=1S/C26H32N2O6/c1-25(2,3)34-24(32)26(28,23(30)31)21(13-8-14-27)22(29)33-15-20-18-11-6-4-9-16(18)17-10-5-7-12-19(17)20/h4-7,9-12,20-21H,8,13-15,27-28H2,1-3H3,(H,30,31)/t21?,26-/m0/s1. The number of ether oxygens (including phenoxy) is 2. The van der Waals surface area contributed by atoms with E-state index in [2.05, 4.69) is 0 Å². The number of aliphatic carboxylic acids is 1. The number of benzene rings is 2. The lowest BCUT2D eigenvalue weighted by Gasteiger charge is -2.33. The van der Waals surface area contributed by atoms with Gasteiger partial charge in [-0.15, -0.1) is 0 Å². The van der Waals surface area contributed by atoms with E-state index < -0.39 is 35.0 Å². The fourth-order valence-electron chi connectivity index (χ4n) is 4.30. The predicted octanol–water partition coefficient (Wildman–Crippen LogP) is 2.82. The lowest BCUT2D eigenvalue weighted by molar-refractivity contribution is -0.178. The van der Waals surface area contributed by atoms with Crippen molar-refractivity contribution in [1.29, 1.82) is 0 Å². The van der Waals surface area contributed by atoms with E-state index in [1.807, 2.05) is 48.5 Å². The topological polar surface area (TPSA) is 142 Å². The van der Waals surface area contributed by atoms with Crippen LogP contribution >= 0.6 is 0 Å². The van der Waals surface area contributed by atoms with Gasteiger partial charge in [0, 0.05) is 5.92 Å². The molecule has 1 aliphatic carbocycles. The number of rotatable bonds is 9. The molecule has 182 valence electrons. The number of nitrogens with two attached hydrogens (primary N) is 2. The van der Waals surface area contributed by atoms with Gasteiger partial charge in [-0.1, -0.05) is 48.5 Å². The molecule has 2 aromatic carbocycles. The molecular weight excluding hydrogens is 436 g/mol. The lowest BCUT2D eigenvalue weighted by Crippen LogP contribution is -2.64. The summed E-state index contributed by atoms with van der Waals surface area (Å²) in [5.41, 5.74) is 12.2. The normalized spacial score (nSPS) is 15.6. The van der Waals surface area contributed by atoms with E-state index in [4.69, 9.17) is 20.9 Å². The van der Waals surface area contributed by atoms with Gasteiger partial charge in [-0.3, -0.25) is 4.79 Å². The van der Waals surface area contributed by atoms with E-state index in [9.17, 15) is 19.5 Å². The fraction of sp³-hybridized carbons (Fsp3) is 0.423. The molecule has 8 nitrogen and oxygen atoms in total. The van der Waals surface area contributed by atoms with Gasteiger partial charge >= 0.3 is 17.9 Å². The Bertz CT molecular complexity index is 1030. The molecule has 0 saturated heterocycles. The summed E-state index contributed by atoms with van der Waals surface area (Å²) in [7, 11) is 0. The third-order valence-corrected chi connectivity index (χ3v) is 5.98. The molecule has 1 unspecified atom stereocenters. The summed E-state index contributed by atoms with van der Waals surface area (Å²) in [6.45, 7) is 4.95. The molecule has 0 fully saturated rings. The van der Waals surface area contributed by atoms with Crippen LogP contribution in [0.15, 0.2) is 48.5 Å². The predicted molar refractivity (Wildman–Crippen MR) is 127 cm³/mol. The van der Waals surface area contributed by atoms with Gasteiger partial charge in [-0.25, -0.2) is 9.59 Å². The van der Waals surface area contributed by atoms with Crippen LogP contribution in [-0.2, 0) is 23.9 Å². The van der Waals surface area contributed by atoms with Gasteiger partial charge in [0.2, 0.25) is 5.54 Å². The zero-order chi connectivity index (χ0) is 25.1. The number of carbonyl (C=O) groups excluding carboxylic acids is 2. The second-order valence-electron chi connectivity index (χ2n) is 9.52. The minimum Gasteiger partial charge on any atom is -0.479 e. The molecule has 5 N–H and O–H groups in total. The van der Waals surface area contributed by atoms with Crippen LogP contribution in [0.5, 0.6) is 0 Å². The van der Waals surface area contributed by atoms with Crippen LogP contribution in [-0.4, -0.2) is 47.3 Å². The summed E-state index contributed by atoms with van der Waals surface area (Å²) in [5, 5.41) is 9.89. The number of hydrogen-bond acceptors (Lipinski definition) is 7. The first-order valence-corrected chi connectivity index (χ1v) is 11.3. The fourth-order valence-corrected chi connectivity index (χ4v) is 4.30. The van der Waals surface area contributed by atoms with Crippen molar-refractivity contribution < 1.29 is 29.0 Å². The quantitative estimate of drug-likeness (QED) is 0.377. The monoisotopic (exact) mass is 468 g/mol. The number of fused-ring (bicyclic) bond motifs is 3. The first kappa shape index (κ1) is 25.4. The molecule has 2 atom stereocenters. The number of carboxylic acid groups (broad SMARTS) is 1. The van der Waals surface area contributed by atoms with Gasteiger partial charge < -0.3 is 26.0 Å². The maximum absolute atomic E-state index is 13.2. The first-order chi connectivity index (χ1) is 16.0. The van der Waals surface area contributed by atoms with Crippen LogP contribution < -0.4 is 11.5 Å². The van der Waals surface area contributed by atoms with Crippen LogP contribution in [0.25, 0.3) is 11.1 Å². The minimum atomic E-state index is -2.61. The Labute approximate surface area is 199 Å². The van der Waals surface area contributed by atoms with Gasteiger partial charge in [0.1, 0.15) is 12.2 Å². The Hall–Kier alpha value is -3.23. The van der Waals surface area contributed by atoms with Crippen LogP contribution in [0.3, 0.4) is 0 Å². The first-order valence-electron chi connectivity index (χ1n) is 11.3. The molecule has 3 rings (SSSR count). The van der Waals surface area contributed by atoms with Crippen molar-refractivity contribution in [3.8, 4) is 11.1 Å². The van der Waals surface area contributed by atoms with Gasteiger partial charge in [-0.2, -0.15) is 0 Å². The molecule has 2 aromatic rings. The van der Waals surface area contributed by atoms with E-state index in [0.717, 1.165) is 22.3 Å². The second-order valence-corrected chi connectivity index (χ2v) is 9.52. The summed E-state index contributed by atoms with van der Waals surface area (Å²) in [6.07, 6.45) is 0.249. The van der Waals surface area contributed by atoms with E-state index in [0.29, 0.717) is 0 Å². The van der Waals surface area contributed by atoms with Crippen LogP contribution in [0.4, 0.5) is 0 Å². The van der Waals surface area contributed by atoms with E-state index in [1.54, 1.807) is 20.8 Å². The smallest absolute Gasteiger partial charge is 0.339 e. The van der Waals surface area contributed by atoms with Crippen LogP contribution in [0, 0.1) is 5.92 Å². The number of hydrogen-bond donors (Lipinski definition) is 3. The van der Waals surface area contributed by atoms with Crippen LogP contribution in [0.2, 0.25) is 0 Å².